The largest absolute Gasteiger partial charge is 0.504 e. The molecule has 0 spiro atoms. The van der Waals surface area contributed by atoms with E-state index >= 15 is 0 Å². The van der Waals surface area contributed by atoms with E-state index < -0.39 is 5.82 Å². The summed E-state index contributed by atoms with van der Waals surface area (Å²) in [5, 5.41) is 12.7. The summed E-state index contributed by atoms with van der Waals surface area (Å²) in [4.78, 5) is 0. The minimum Gasteiger partial charge on any atom is -0.504 e. The number of phenolic OH excluding ortho intramolecular Hbond substituents is 1. The van der Waals surface area contributed by atoms with Gasteiger partial charge >= 0.3 is 0 Å². The van der Waals surface area contributed by atoms with Crippen LogP contribution in [0.5, 0.6) is 11.5 Å². The summed E-state index contributed by atoms with van der Waals surface area (Å²) in [6.07, 6.45) is 1.92. The van der Waals surface area contributed by atoms with E-state index in [9.17, 15) is 9.50 Å². The highest BCUT2D eigenvalue weighted by atomic mass is 79.9. The molecule has 88 valence electrons. The van der Waals surface area contributed by atoms with E-state index in [1.165, 1.54) is 7.11 Å². The van der Waals surface area contributed by atoms with Gasteiger partial charge in [0.2, 0.25) is 0 Å². The van der Waals surface area contributed by atoms with E-state index in [1.54, 1.807) is 0 Å². The number of hydrogen-bond donors (Lipinski definition) is 2. The highest BCUT2D eigenvalue weighted by Crippen LogP contribution is 2.42. The second kappa shape index (κ2) is 4.59. The van der Waals surface area contributed by atoms with Crippen molar-refractivity contribution in [3.63, 3.8) is 0 Å². The summed E-state index contributed by atoms with van der Waals surface area (Å²) in [5.74, 6) is -0.316. The first-order chi connectivity index (χ1) is 7.65. The molecule has 0 aromatic heterocycles. The van der Waals surface area contributed by atoms with Gasteiger partial charge in [0.1, 0.15) is 5.82 Å². The maximum Gasteiger partial charge on any atom is 0.175 e. The number of nitrogens with one attached hydrogen (secondary N) is 1. The Balaban J connectivity index is 2.50. The third-order valence-corrected chi connectivity index (χ3v) is 3.59. The van der Waals surface area contributed by atoms with Crippen molar-refractivity contribution in [1.82, 2.24) is 5.32 Å². The van der Waals surface area contributed by atoms with Crippen LogP contribution in [-0.2, 0) is 0 Å². The van der Waals surface area contributed by atoms with Crippen LogP contribution in [0.15, 0.2) is 10.5 Å². The van der Waals surface area contributed by atoms with Crippen molar-refractivity contribution in [3.8, 4) is 11.5 Å². The Labute approximate surface area is 102 Å². The normalized spacial score (nSPS) is 20.1. The van der Waals surface area contributed by atoms with E-state index in [0.29, 0.717) is 10.0 Å². The number of hydrogen-bond acceptors (Lipinski definition) is 3. The number of rotatable bonds is 2. The molecule has 2 rings (SSSR count). The molecule has 1 aliphatic heterocycles. The van der Waals surface area contributed by atoms with Gasteiger partial charge in [0.05, 0.1) is 11.6 Å². The molecule has 3 nitrogen and oxygen atoms in total. The summed E-state index contributed by atoms with van der Waals surface area (Å²) in [6, 6.07) is 1.09. The summed E-state index contributed by atoms with van der Waals surface area (Å²) in [7, 11) is 1.45. The summed E-state index contributed by atoms with van der Waals surface area (Å²) in [5.41, 5.74) is 0.534. The van der Waals surface area contributed by atoms with Crippen LogP contribution in [-0.4, -0.2) is 18.8 Å². The lowest BCUT2D eigenvalue weighted by molar-refractivity contribution is 0.366. The third-order valence-electron chi connectivity index (χ3n) is 2.80. The third kappa shape index (κ3) is 1.89. The number of aromatic hydroxyl groups is 1. The molecule has 2 N–H and O–H groups in total. The van der Waals surface area contributed by atoms with Crippen molar-refractivity contribution in [2.75, 3.05) is 13.7 Å². The minimum atomic E-state index is -0.412. The van der Waals surface area contributed by atoms with E-state index in [0.717, 1.165) is 25.5 Å². The van der Waals surface area contributed by atoms with Crippen LogP contribution in [0.4, 0.5) is 4.39 Å². The maximum absolute atomic E-state index is 13.8. The Morgan fingerprint density at radius 2 is 2.38 bits per heavy atom. The molecule has 0 amide bonds. The number of methoxy groups -OCH3 is 1. The predicted octanol–water partition coefficient (Wildman–Crippen LogP) is 2.73. The summed E-state index contributed by atoms with van der Waals surface area (Å²) >= 11 is 3.29. The topological polar surface area (TPSA) is 41.5 Å². The predicted molar refractivity (Wildman–Crippen MR) is 62.3 cm³/mol. The first-order valence-corrected chi connectivity index (χ1v) is 5.92. The fraction of sp³-hybridized carbons (Fsp3) is 0.455. The van der Waals surface area contributed by atoms with Gasteiger partial charge < -0.3 is 15.2 Å². The number of phenols is 1. The van der Waals surface area contributed by atoms with Crippen LogP contribution in [0.3, 0.4) is 0 Å². The Morgan fingerprint density at radius 1 is 1.62 bits per heavy atom. The first kappa shape index (κ1) is 11.7. The standard InChI is InChI=1S/C11H13BrFNO2/c1-16-11-8(15)5-6(13)9(10(11)12)7-3-2-4-14-7/h5,7,14-15H,2-4H2,1H3. The van der Waals surface area contributed by atoms with Crippen molar-refractivity contribution < 1.29 is 14.2 Å². The first-order valence-electron chi connectivity index (χ1n) is 5.13. The smallest absolute Gasteiger partial charge is 0.175 e. The Bertz CT molecular complexity index is 405. The van der Waals surface area contributed by atoms with Crippen LogP contribution in [0.1, 0.15) is 24.4 Å². The van der Waals surface area contributed by atoms with Gasteiger partial charge in [-0.25, -0.2) is 4.39 Å². The molecule has 0 bridgehead atoms. The molecule has 0 aliphatic carbocycles. The van der Waals surface area contributed by atoms with Crippen molar-refractivity contribution in [1.29, 1.82) is 0 Å². The van der Waals surface area contributed by atoms with Crippen LogP contribution >= 0.6 is 15.9 Å². The highest BCUT2D eigenvalue weighted by molar-refractivity contribution is 9.10. The fourth-order valence-electron chi connectivity index (χ4n) is 2.05. The van der Waals surface area contributed by atoms with Gasteiger partial charge in [0.15, 0.2) is 11.5 Å². The number of halogens is 2. The van der Waals surface area contributed by atoms with E-state index in [2.05, 4.69) is 21.2 Å². The Morgan fingerprint density at radius 3 is 2.94 bits per heavy atom. The van der Waals surface area contributed by atoms with Gasteiger partial charge in [-0.05, 0) is 35.3 Å². The molecule has 5 heteroatoms. The van der Waals surface area contributed by atoms with Gasteiger partial charge in [-0.2, -0.15) is 0 Å². The second-order valence-electron chi connectivity index (χ2n) is 3.79. The lowest BCUT2D eigenvalue weighted by atomic mass is 10.0. The lowest BCUT2D eigenvalue weighted by Gasteiger charge is -2.17. The molecule has 1 aliphatic rings. The quantitative estimate of drug-likeness (QED) is 0.880. The zero-order valence-corrected chi connectivity index (χ0v) is 10.5. The summed E-state index contributed by atoms with van der Waals surface area (Å²) in [6.45, 7) is 0.889. The highest BCUT2D eigenvalue weighted by Gasteiger charge is 2.26. The zero-order chi connectivity index (χ0) is 11.7. The summed E-state index contributed by atoms with van der Waals surface area (Å²) < 4.78 is 19.3. The SMILES string of the molecule is COc1c(O)cc(F)c(C2CCCN2)c1Br. The molecule has 0 radical (unpaired) electrons. The van der Waals surface area contributed by atoms with Gasteiger partial charge in [-0.1, -0.05) is 0 Å². The molecule has 1 atom stereocenters. The van der Waals surface area contributed by atoms with Crippen molar-refractivity contribution in [2.24, 2.45) is 0 Å². The molecule has 1 aromatic carbocycles. The average Bonchev–Trinajstić information content (AvgIpc) is 2.70. The Hall–Kier alpha value is -0.810. The van der Waals surface area contributed by atoms with E-state index in [-0.39, 0.29) is 17.5 Å². The zero-order valence-electron chi connectivity index (χ0n) is 8.89. The fourth-order valence-corrected chi connectivity index (χ4v) is 2.88. The number of ether oxygens (including phenoxy) is 1. The van der Waals surface area contributed by atoms with E-state index in [1.807, 2.05) is 0 Å². The molecule has 1 aromatic rings. The van der Waals surface area contributed by atoms with Crippen LogP contribution in [0.2, 0.25) is 0 Å². The lowest BCUT2D eigenvalue weighted by Crippen LogP contribution is -2.15. The molecular formula is C11H13BrFNO2. The van der Waals surface area contributed by atoms with Crippen LogP contribution < -0.4 is 10.1 Å². The van der Waals surface area contributed by atoms with Crippen molar-refractivity contribution >= 4 is 15.9 Å². The molecule has 1 unspecified atom stereocenters. The van der Waals surface area contributed by atoms with Crippen molar-refractivity contribution in [3.05, 3.63) is 21.9 Å². The molecular weight excluding hydrogens is 277 g/mol. The monoisotopic (exact) mass is 289 g/mol. The average molecular weight is 290 g/mol. The maximum atomic E-state index is 13.8. The molecule has 1 heterocycles. The minimum absolute atomic E-state index is 0.0103. The van der Waals surface area contributed by atoms with Crippen LogP contribution in [0, 0.1) is 5.82 Å². The second-order valence-corrected chi connectivity index (χ2v) is 4.58. The van der Waals surface area contributed by atoms with Gasteiger partial charge in [0, 0.05) is 17.7 Å². The van der Waals surface area contributed by atoms with Crippen molar-refractivity contribution in [2.45, 2.75) is 18.9 Å². The molecule has 16 heavy (non-hydrogen) atoms. The molecule has 1 saturated heterocycles. The number of benzene rings is 1. The molecule has 0 saturated carbocycles. The van der Waals surface area contributed by atoms with Crippen LogP contribution in [0.25, 0.3) is 0 Å². The van der Waals surface area contributed by atoms with Gasteiger partial charge in [-0.15, -0.1) is 0 Å². The van der Waals surface area contributed by atoms with Gasteiger partial charge in [0.25, 0.3) is 0 Å². The van der Waals surface area contributed by atoms with E-state index in [4.69, 9.17) is 4.74 Å². The molecule has 1 fully saturated rings. The van der Waals surface area contributed by atoms with Gasteiger partial charge in [-0.3, -0.25) is 0 Å². The Kier molecular flexibility index (Phi) is 3.35.